The maximum absolute atomic E-state index is 5.75. The lowest BCUT2D eigenvalue weighted by Gasteiger charge is -2.08. The van der Waals surface area contributed by atoms with Gasteiger partial charge in [0.15, 0.2) is 0 Å². The second-order valence-electron chi connectivity index (χ2n) is 4.25. The second kappa shape index (κ2) is 4.49. The lowest BCUT2D eigenvalue weighted by Crippen LogP contribution is -1.94. The van der Waals surface area contributed by atoms with Crippen molar-refractivity contribution in [3.63, 3.8) is 0 Å². The fraction of sp³-hybridized carbons (Fsp3) is 0. The van der Waals surface area contributed by atoms with E-state index in [9.17, 15) is 0 Å². The molecule has 1 heterocycles. The average molecular weight is 251 g/mol. The molecule has 94 valence electrons. The van der Waals surface area contributed by atoms with Crippen LogP contribution in [0.3, 0.4) is 0 Å². The summed E-state index contributed by atoms with van der Waals surface area (Å²) >= 11 is 0. The van der Waals surface area contributed by atoms with Crippen LogP contribution >= 0.6 is 0 Å². The van der Waals surface area contributed by atoms with E-state index >= 15 is 0 Å². The Kier molecular flexibility index (Phi) is 2.68. The van der Waals surface area contributed by atoms with E-state index in [1.54, 1.807) is 24.4 Å². The number of nitrogens with zero attached hydrogens (tertiary/aromatic N) is 1. The van der Waals surface area contributed by atoms with Crippen molar-refractivity contribution in [3.05, 3.63) is 54.7 Å². The first-order chi connectivity index (χ1) is 9.22. The van der Waals surface area contributed by atoms with Crippen molar-refractivity contribution in [1.29, 1.82) is 0 Å². The number of ether oxygens (including phenoxy) is 1. The number of pyridine rings is 1. The lowest BCUT2D eigenvalue weighted by molar-refractivity contribution is 0.483. The monoisotopic (exact) mass is 251 g/mol. The predicted molar refractivity (Wildman–Crippen MR) is 77.1 cm³/mol. The summed E-state index contributed by atoms with van der Waals surface area (Å²) in [4.78, 5) is 4.29. The summed E-state index contributed by atoms with van der Waals surface area (Å²) in [6, 6.07) is 14.9. The smallest absolute Gasteiger partial charge is 0.129 e. The first kappa shape index (κ1) is 11.3. The van der Waals surface area contributed by atoms with Gasteiger partial charge in [-0.3, -0.25) is 4.98 Å². The van der Waals surface area contributed by atoms with Crippen LogP contribution in [0.4, 0.5) is 11.4 Å². The van der Waals surface area contributed by atoms with Crippen LogP contribution in [0.2, 0.25) is 0 Å². The number of hydrogen-bond donors (Lipinski definition) is 2. The first-order valence-electron chi connectivity index (χ1n) is 5.90. The highest BCUT2D eigenvalue weighted by Crippen LogP contribution is 2.28. The van der Waals surface area contributed by atoms with Gasteiger partial charge in [-0.05, 0) is 30.3 Å². The van der Waals surface area contributed by atoms with Gasteiger partial charge in [0, 0.05) is 23.7 Å². The fourth-order valence-electron chi connectivity index (χ4n) is 1.86. The number of hydrogen-bond acceptors (Lipinski definition) is 4. The van der Waals surface area contributed by atoms with E-state index in [1.807, 2.05) is 30.3 Å². The van der Waals surface area contributed by atoms with Crippen LogP contribution in [-0.2, 0) is 0 Å². The maximum Gasteiger partial charge on any atom is 0.129 e. The SMILES string of the molecule is Nc1ccc(Oc2ccc3cccnc3c2)cc1N. The quantitative estimate of drug-likeness (QED) is 0.686. The summed E-state index contributed by atoms with van der Waals surface area (Å²) in [6.45, 7) is 0. The molecule has 0 saturated carbocycles. The minimum Gasteiger partial charge on any atom is -0.457 e. The first-order valence-corrected chi connectivity index (χ1v) is 5.90. The molecule has 1 aromatic heterocycles. The number of fused-ring (bicyclic) bond motifs is 1. The van der Waals surface area contributed by atoms with E-state index in [2.05, 4.69) is 4.98 Å². The molecule has 0 saturated heterocycles. The zero-order valence-corrected chi connectivity index (χ0v) is 10.2. The molecule has 0 bridgehead atoms. The van der Waals surface area contributed by atoms with Crippen molar-refractivity contribution in [2.24, 2.45) is 0 Å². The molecule has 19 heavy (non-hydrogen) atoms. The Balaban J connectivity index is 1.94. The van der Waals surface area contributed by atoms with Crippen LogP contribution in [0.25, 0.3) is 10.9 Å². The van der Waals surface area contributed by atoms with Crippen LogP contribution in [0.5, 0.6) is 11.5 Å². The van der Waals surface area contributed by atoms with Crippen LogP contribution in [-0.4, -0.2) is 4.98 Å². The molecule has 0 radical (unpaired) electrons. The second-order valence-corrected chi connectivity index (χ2v) is 4.25. The van der Waals surface area contributed by atoms with Gasteiger partial charge >= 0.3 is 0 Å². The van der Waals surface area contributed by atoms with Gasteiger partial charge in [-0.15, -0.1) is 0 Å². The van der Waals surface area contributed by atoms with Crippen LogP contribution in [0, 0.1) is 0 Å². The lowest BCUT2D eigenvalue weighted by atomic mass is 10.2. The normalized spacial score (nSPS) is 10.5. The molecule has 3 aromatic rings. The van der Waals surface area contributed by atoms with E-state index < -0.39 is 0 Å². The molecule has 0 unspecified atom stereocenters. The van der Waals surface area contributed by atoms with Crippen molar-refractivity contribution in [2.45, 2.75) is 0 Å². The van der Waals surface area contributed by atoms with Crippen LogP contribution in [0.15, 0.2) is 54.7 Å². The Morgan fingerprint density at radius 3 is 2.47 bits per heavy atom. The van der Waals surface area contributed by atoms with Gasteiger partial charge in [0.25, 0.3) is 0 Å². The number of nitrogen functional groups attached to an aromatic ring is 2. The largest absolute Gasteiger partial charge is 0.457 e. The van der Waals surface area contributed by atoms with E-state index in [4.69, 9.17) is 16.2 Å². The van der Waals surface area contributed by atoms with Crippen molar-refractivity contribution < 1.29 is 4.74 Å². The van der Waals surface area contributed by atoms with Crippen molar-refractivity contribution >= 4 is 22.3 Å². The van der Waals surface area contributed by atoms with Gasteiger partial charge in [0.05, 0.1) is 16.9 Å². The van der Waals surface area contributed by atoms with Gasteiger partial charge in [-0.1, -0.05) is 6.07 Å². The minimum absolute atomic E-state index is 0.511. The minimum atomic E-state index is 0.511. The zero-order chi connectivity index (χ0) is 13.2. The molecule has 0 aliphatic rings. The van der Waals surface area contributed by atoms with Crippen LogP contribution in [0.1, 0.15) is 0 Å². The van der Waals surface area contributed by atoms with Crippen molar-refractivity contribution in [3.8, 4) is 11.5 Å². The highest BCUT2D eigenvalue weighted by molar-refractivity contribution is 5.79. The third-order valence-corrected chi connectivity index (χ3v) is 2.87. The number of aromatic nitrogens is 1. The molecule has 4 nitrogen and oxygen atoms in total. The van der Waals surface area contributed by atoms with Crippen molar-refractivity contribution in [2.75, 3.05) is 11.5 Å². The van der Waals surface area contributed by atoms with Crippen molar-refractivity contribution in [1.82, 2.24) is 4.98 Å². The fourth-order valence-corrected chi connectivity index (χ4v) is 1.86. The Morgan fingerprint density at radius 2 is 1.63 bits per heavy atom. The van der Waals surface area contributed by atoms with Gasteiger partial charge in [-0.25, -0.2) is 0 Å². The third kappa shape index (κ3) is 2.28. The molecule has 0 aliphatic carbocycles. The van der Waals surface area contributed by atoms with E-state index in [1.165, 1.54) is 0 Å². The molecule has 2 aromatic carbocycles. The summed E-state index contributed by atoms with van der Waals surface area (Å²) in [5, 5.41) is 1.08. The molecular weight excluding hydrogens is 238 g/mol. The summed E-state index contributed by atoms with van der Waals surface area (Å²) < 4.78 is 5.75. The summed E-state index contributed by atoms with van der Waals surface area (Å²) in [5.41, 5.74) is 13.4. The molecule has 0 fully saturated rings. The number of nitrogens with two attached hydrogens (primary N) is 2. The molecule has 4 N–H and O–H groups in total. The molecule has 3 rings (SSSR count). The van der Waals surface area contributed by atoms with Gasteiger partial charge in [-0.2, -0.15) is 0 Å². The Bertz CT molecular complexity index is 740. The average Bonchev–Trinajstić information content (AvgIpc) is 2.43. The predicted octanol–water partition coefficient (Wildman–Crippen LogP) is 3.19. The Labute approximate surface area is 110 Å². The summed E-state index contributed by atoms with van der Waals surface area (Å²) in [6.07, 6.45) is 1.76. The molecule has 0 aliphatic heterocycles. The highest BCUT2D eigenvalue weighted by atomic mass is 16.5. The van der Waals surface area contributed by atoms with E-state index in [0.717, 1.165) is 16.7 Å². The van der Waals surface area contributed by atoms with Gasteiger partial charge in [0.2, 0.25) is 0 Å². The molecule has 0 atom stereocenters. The Morgan fingerprint density at radius 1 is 0.842 bits per heavy atom. The summed E-state index contributed by atoms with van der Waals surface area (Å²) in [7, 11) is 0. The molecule has 4 heteroatoms. The third-order valence-electron chi connectivity index (χ3n) is 2.87. The summed E-state index contributed by atoms with van der Waals surface area (Å²) in [5.74, 6) is 1.37. The number of benzene rings is 2. The van der Waals surface area contributed by atoms with E-state index in [0.29, 0.717) is 17.1 Å². The molecule has 0 amide bonds. The molecular formula is C15H13N3O. The number of anilines is 2. The Hall–Kier alpha value is -2.75. The number of rotatable bonds is 2. The van der Waals surface area contributed by atoms with Gasteiger partial charge in [0.1, 0.15) is 11.5 Å². The van der Waals surface area contributed by atoms with Crippen LogP contribution < -0.4 is 16.2 Å². The van der Waals surface area contributed by atoms with E-state index in [-0.39, 0.29) is 0 Å². The topological polar surface area (TPSA) is 74.2 Å². The molecule has 0 spiro atoms. The highest BCUT2D eigenvalue weighted by Gasteiger charge is 2.02. The standard InChI is InChI=1S/C15H13N3O/c16-13-6-5-11(8-14(13)17)19-12-4-3-10-2-1-7-18-15(10)9-12/h1-9H,16-17H2. The maximum atomic E-state index is 5.75. The van der Waals surface area contributed by atoms with Gasteiger partial charge < -0.3 is 16.2 Å². The zero-order valence-electron chi connectivity index (χ0n) is 10.2.